The number of esters is 1. The lowest BCUT2D eigenvalue weighted by Crippen LogP contribution is -2.11. The molecule has 9 nitrogen and oxygen atoms in total. The molecule has 0 fully saturated rings. The molecule has 0 saturated carbocycles. The number of hydrogen-bond acceptors (Lipinski definition) is 8. The van der Waals surface area contributed by atoms with Gasteiger partial charge in [0.15, 0.2) is 32.8 Å². The number of Topliss-reactive ketones (excluding diaryl/α,β-unsaturated/α-hetero) is 1. The van der Waals surface area contributed by atoms with E-state index in [1.807, 2.05) is 12.1 Å². The topological polar surface area (TPSA) is 114 Å². The van der Waals surface area contributed by atoms with Crippen LogP contribution in [0.3, 0.4) is 0 Å². The highest BCUT2D eigenvalue weighted by molar-refractivity contribution is 7.90. The van der Waals surface area contributed by atoms with Crippen molar-refractivity contribution >= 4 is 21.6 Å². The summed E-state index contributed by atoms with van der Waals surface area (Å²) in [5, 5.41) is 4.46. The van der Waals surface area contributed by atoms with E-state index in [4.69, 9.17) is 14.2 Å². The molecule has 0 N–H and O–H groups in total. The van der Waals surface area contributed by atoms with Crippen LogP contribution in [0.1, 0.15) is 27.8 Å². The zero-order chi connectivity index (χ0) is 26.7. The zero-order valence-electron chi connectivity index (χ0n) is 20.6. The molecular formula is C27H24N2O7S. The van der Waals surface area contributed by atoms with Crippen LogP contribution >= 0.6 is 0 Å². The molecule has 0 aliphatic heterocycles. The molecule has 4 rings (SSSR count). The Hall–Kier alpha value is -4.44. The quantitative estimate of drug-likeness (QED) is 0.191. The second-order valence-electron chi connectivity index (χ2n) is 8.13. The van der Waals surface area contributed by atoms with Crippen molar-refractivity contribution in [2.45, 2.75) is 11.8 Å². The van der Waals surface area contributed by atoms with E-state index < -0.39 is 15.8 Å². The Bertz CT molecular complexity index is 1570. The normalized spacial score (nSPS) is 11.1. The highest BCUT2D eigenvalue weighted by atomic mass is 32.2. The molecular weight excluding hydrogens is 496 g/mol. The molecule has 0 aliphatic carbocycles. The first-order valence-electron chi connectivity index (χ1n) is 11.1. The number of aromatic nitrogens is 2. The molecule has 4 aromatic rings. The fourth-order valence-electron chi connectivity index (χ4n) is 3.60. The largest absolute Gasteiger partial charge is 0.497 e. The molecule has 3 aromatic carbocycles. The van der Waals surface area contributed by atoms with Gasteiger partial charge in [-0.25, -0.2) is 17.9 Å². The smallest absolute Gasteiger partial charge is 0.364 e. The van der Waals surface area contributed by atoms with Crippen LogP contribution in [0.25, 0.3) is 16.9 Å². The van der Waals surface area contributed by atoms with Crippen LogP contribution in [0.2, 0.25) is 0 Å². The molecule has 1 heterocycles. The molecule has 0 spiro atoms. The standard InChI is InChI=1S/C27H24N2O7S/c1-17(30)19-7-14-25(26(15-19)35-3)36-27(31)23-16-24(18-5-10-21(34-2)11-6-18)29(28-23)20-8-12-22(13-9-20)37(4,32)33/h5-16H,1-4H3. The van der Waals surface area contributed by atoms with Gasteiger partial charge in [0.25, 0.3) is 0 Å². The third-order valence-electron chi connectivity index (χ3n) is 5.59. The fourth-order valence-corrected chi connectivity index (χ4v) is 4.23. The van der Waals surface area contributed by atoms with Crippen molar-refractivity contribution in [1.29, 1.82) is 0 Å². The van der Waals surface area contributed by atoms with Gasteiger partial charge in [-0.3, -0.25) is 4.79 Å². The molecule has 10 heteroatoms. The van der Waals surface area contributed by atoms with E-state index in [2.05, 4.69) is 5.10 Å². The Morgan fingerprint density at radius 3 is 2.08 bits per heavy atom. The third kappa shape index (κ3) is 5.54. The number of ether oxygens (including phenoxy) is 3. The van der Waals surface area contributed by atoms with E-state index >= 15 is 0 Å². The summed E-state index contributed by atoms with van der Waals surface area (Å²) in [6.45, 7) is 1.43. The van der Waals surface area contributed by atoms with Gasteiger partial charge in [0.05, 0.1) is 30.5 Å². The molecule has 1 aromatic heterocycles. The maximum atomic E-state index is 13.1. The van der Waals surface area contributed by atoms with Crippen molar-refractivity contribution in [2.24, 2.45) is 0 Å². The van der Waals surface area contributed by atoms with Gasteiger partial charge in [0, 0.05) is 17.4 Å². The van der Waals surface area contributed by atoms with E-state index in [-0.39, 0.29) is 27.9 Å². The van der Waals surface area contributed by atoms with Gasteiger partial charge in [-0.05, 0) is 79.7 Å². The van der Waals surface area contributed by atoms with Crippen LogP contribution in [0, 0.1) is 0 Å². The Kier molecular flexibility index (Phi) is 7.12. The van der Waals surface area contributed by atoms with Crippen molar-refractivity contribution < 1.29 is 32.2 Å². The monoisotopic (exact) mass is 520 g/mol. The Balaban J connectivity index is 1.75. The predicted octanol–water partition coefficient (Wildman–Crippen LogP) is 4.38. The third-order valence-corrected chi connectivity index (χ3v) is 6.72. The summed E-state index contributed by atoms with van der Waals surface area (Å²) in [6, 6.07) is 19.4. The minimum absolute atomic E-state index is 0.00991. The van der Waals surface area contributed by atoms with E-state index in [1.165, 1.54) is 49.0 Å². The lowest BCUT2D eigenvalue weighted by molar-refractivity contribution is 0.0723. The van der Waals surface area contributed by atoms with E-state index in [0.29, 0.717) is 22.7 Å². The molecule has 0 unspecified atom stereocenters. The number of sulfone groups is 1. The number of methoxy groups -OCH3 is 2. The second-order valence-corrected chi connectivity index (χ2v) is 10.1. The summed E-state index contributed by atoms with van der Waals surface area (Å²) in [5.41, 5.74) is 2.28. The average Bonchev–Trinajstić information content (AvgIpc) is 3.34. The predicted molar refractivity (Wildman–Crippen MR) is 137 cm³/mol. The summed E-state index contributed by atoms with van der Waals surface area (Å²) in [5.74, 6) is 0.131. The maximum Gasteiger partial charge on any atom is 0.364 e. The Morgan fingerprint density at radius 1 is 0.838 bits per heavy atom. The lowest BCUT2D eigenvalue weighted by atomic mass is 10.1. The summed E-state index contributed by atoms with van der Waals surface area (Å²) < 4.78 is 41.4. The van der Waals surface area contributed by atoms with Gasteiger partial charge in [-0.2, -0.15) is 5.10 Å². The average molecular weight is 521 g/mol. The van der Waals surface area contributed by atoms with E-state index in [9.17, 15) is 18.0 Å². The van der Waals surface area contributed by atoms with Crippen molar-refractivity contribution in [3.63, 3.8) is 0 Å². The van der Waals surface area contributed by atoms with Crippen molar-refractivity contribution in [1.82, 2.24) is 9.78 Å². The summed E-state index contributed by atoms with van der Waals surface area (Å²) >= 11 is 0. The molecule has 0 aliphatic rings. The minimum atomic E-state index is -3.38. The first kappa shape index (κ1) is 25.6. The van der Waals surface area contributed by atoms with Crippen LogP contribution in [0.5, 0.6) is 17.2 Å². The highest BCUT2D eigenvalue weighted by Gasteiger charge is 2.21. The van der Waals surface area contributed by atoms with Crippen molar-refractivity contribution in [3.05, 3.63) is 84.1 Å². The lowest BCUT2D eigenvalue weighted by Gasteiger charge is -2.09. The van der Waals surface area contributed by atoms with Crippen LogP contribution in [0.15, 0.2) is 77.7 Å². The fraction of sp³-hybridized carbons (Fsp3) is 0.148. The summed E-state index contributed by atoms with van der Waals surface area (Å²) in [7, 11) is -0.407. The van der Waals surface area contributed by atoms with Gasteiger partial charge in [0.1, 0.15) is 5.75 Å². The van der Waals surface area contributed by atoms with E-state index in [0.717, 1.165) is 11.8 Å². The summed E-state index contributed by atoms with van der Waals surface area (Å²) in [4.78, 5) is 24.9. The number of ketones is 1. The van der Waals surface area contributed by atoms with Crippen LogP contribution in [-0.4, -0.2) is 50.4 Å². The molecule has 0 atom stereocenters. The van der Waals surface area contributed by atoms with Gasteiger partial charge in [-0.1, -0.05) is 0 Å². The summed E-state index contributed by atoms with van der Waals surface area (Å²) in [6.07, 6.45) is 1.13. The second kappa shape index (κ2) is 10.3. The maximum absolute atomic E-state index is 13.1. The number of nitrogens with zero attached hydrogens (tertiary/aromatic N) is 2. The van der Waals surface area contributed by atoms with Crippen LogP contribution in [-0.2, 0) is 9.84 Å². The number of carbonyl (C=O) groups excluding carboxylic acids is 2. The highest BCUT2D eigenvalue weighted by Crippen LogP contribution is 2.31. The molecule has 190 valence electrons. The SMILES string of the molecule is COc1ccc(-c2cc(C(=O)Oc3ccc(C(C)=O)cc3OC)nn2-c2ccc(S(C)(=O)=O)cc2)cc1. The van der Waals surface area contributed by atoms with Crippen LogP contribution < -0.4 is 14.2 Å². The first-order chi connectivity index (χ1) is 17.6. The Labute approximate surface area is 214 Å². The molecule has 37 heavy (non-hydrogen) atoms. The molecule has 0 saturated heterocycles. The van der Waals surface area contributed by atoms with Gasteiger partial charge in [0.2, 0.25) is 0 Å². The van der Waals surface area contributed by atoms with Crippen molar-refractivity contribution in [3.8, 4) is 34.2 Å². The number of carbonyl (C=O) groups is 2. The van der Waals surface area contributed by atoms with Gasteiger partial charge in [-0.15, -0.1) is 0 Å². The Morgan fingerprint density at radius 2 is 1.51 bits per heavy atom. The van der Waals surface area contributed by atoms with E-state index in [1.54, 1.807) is 37.4 Å². The van der Waals surface area contributed by atoms with Gasteiger partial charge >= 0.3 is 5.97 Å². The number of benzene rings is 3. The van der Waals surface area contributed by atoms with Crippen LogP contribution in [0.4, 0.5) is 0 Å². The molecule has 0 bridgehead atoms. The first-order valence-corrected chi connectivity index (χ1v) is 13.0. The molecule has 0 amide bonds. The number of hydrogen-bond donors (Lipinski definition) is 0. The van der Waals surface area contributed by atoms with Gasteiger partial charge < -0.3 is 14.2 Å². The minimum Gasteiger partial charge on any atom is -0.497 e. The number of rotatable bonds is 8. The van der Waals surface area contributed by atoms with Crippen molar-refractivity contribution in [2.75, 3.05) is 20.5 Å². The molecule has 0 radical (unpaired) electrons. The zero-order valence-corrected chi connectivity index (χ0v) is 21.4.